The van der Waals surface area contributed by atoms with Gasteiger partial charge in [0.15, 0.2) is 0 Å². The SMILES string of the molecule is FCCOc1cccc(CCCC(c2ccc(F)cc2)C(F)(F)F)c1. The highest BCUT2D eigenvalue weighted by Crippen LogP contribution is 2.38. The molecule has 0 spiro atoms. The molecule has 25 heavy (non-hydrogen) atoms. The lowest BCUT2D eigenvalue weighted by Gasteiger charge is -2.20. The van der Waals surface area contributed by atoms with Crippen LogP contribution in [0.3, 0.4) is 0 Å². The van der Waals surface area contributed by atoms with Gasteiger partial charge in [-0.3, -0.25) is 0 Å². The fraction of sp³-hybridized carbons (Fsp3) is 0.368. The Balaban J connectivity index is 1.98. The lowest BCUT2D eigenvalue weighted by Crippen LogP contribution is -2.21. The Bertz CT molecular complexity index is 652. The van der Waals surface area contributed by atoms with E-state index in [0.717, 1.165) is 17.7 Å². The lowest BCUT2D eigenvalue weighted by atomic mass is 9.92. The van der Waals surface area contributed by atoms with E-state index in [9.17, 15) is 22.0 Å². The van der Waals surface area contributed by atoms with E-state index in [2.05, 4.69) is 0 Å². The maximum Gasteiger partial charge on any atom is 0.395 e. The van der Waals surface area contributed by atoms with Gasteiger partial charge in [-0.1, -0.05) is 24.3 Å². The summed E-state index contributed by atoms with van der Waals surface area (Å²) in [4.78, 5) is 0. The van der Waals surface area contributed by atoms with Crippen molar-refractivity contribution in [3.8, 4) is 5.75 Å². The first-order valence-electron chi connectivity index (χ1n) is 8.00. The molecule has 0 radical (unpaired) electrons. The van der Waals surface area contributed by atoms with Crippen LogP contribution >= 0.6 is 0 Å². The number of hydrogen-bond donors (Lipinski definition) is 0. The molecule has 0 fully saturated rings. The van der Waals surface area contributed by atoms with Crippen LogP contribution in [-0.4, -0.2) is 19.5 Å². The van der Waals surface area contributed by atoms with Gasteiger partial charge in [0.05, 0.1) is 5.92 Å². The quantitative estimate of drug-likeness (QED) is 0.539. The van der Waals surface area contributed by atoms with Crippen LogP contribution in [0.2, 0.25) is 0 Å². The second-order valence-electron chi connectivity index (χ2n) is 5.72. The molecule has 1 atom stereocenters. The Labute approximate surface area is 143 Å². The van der Waals surface area contributed by atoms with Crippen LogP contribution in [0, 0.1) is 5.82 Å². The Morgan fingerprint density at radius 2 is 1.72 bits per heavy atom. The van der Waals surface area contributed by atoms with Gasteiger partial charge in [-0.15, -0.1) is 0 Å². The summed E-state index contributed by atoms with van der Waals surface area (Å²) in [5.41, 5.74) is 0.894. The highest BCUT2D eigenvalue weighted by molar-refractivity contribution is 5.28. The van der Waals surface area contributed by atoms with Crippen LogP contribution in [0.15, 0.2) is 48.5 Å². The summed E-state index contributed by atoms with van der Waals surface area (Å²) in [5.74, 6) is -1.69. The number of aryl methyl sites for hydroxylation is 1. The topological polar surface area (TPSA) is 9.23 Å². The van der Waals surface area contributed by atoms with Crippen molar-refractivity contribution in [3.63, 3.8) is 0 Å². The summed E-state index contributed by atoms with van der Waals surface area (Å²) in [6.07, 6.45) is -3.72. The zero-order valence-electron chi connectivity index (χ0n) is 13.5. The molecule has 0 heterocycles. The minimum atomic E-state index is -4.39. The summed E-state index contributed by atoms with van der Waals surface area (Å²) in [5, 5.41) is 0. The molecule has 0 bridgehead atoms. The zero-order valence-corrected chi connectivity index (χ0v) is 13.5. The molecule has 0 N–H and O–H groups in total. The normalized spacial score (nSPS) is 12.8. The van der Waals surface area contributed by atoms with Crippen molar-refractivity contribution in [2.45, 2.75) is 31.4 Å². The van der Waals surface area contributed by atoms with Crippen molar-refractivity contribution >= 4 is 0 Å². The molecule has 1 unspecified atom stereocenters. The maximum atomic E-state index is 13.3. The van der Waals surface area contributed by atoms with Crippen molar-refractivity contribution in [1.29, 1.82) is 0 Å². The third kappa shape index (κ3) is 6.03. The first-order valence-corrected chi connectivity index (χ1v) is 8.00. The average molecular weight is 358 g/mol. The fourth-order valence-corrected chi connectivity index (χ4v) is 2.67. The molecule has 0 aliphatic rings. The van der Waals surface area contributed by atoms with Crippen LogP contribution in [0.4, 0.5) is 22.0 Å². The minimum Gasteiger partial charge on any atom is -0.491 e. The van der Waals surface area contributed by atoms with E-state index in [4.69, 9.17) is 4.74 Å². The first-order chi connectivity index (χ1) is 11.9. The standard InChI is InChI=1S/C19H19F5O/c20-11-12-25-17-5-1-3-14(13-17)4-2-6-18(19(22,23)24)15-7-9-16(21)10-8-15/h1,3,5,7-10,13,18H,2,4,6,11-12H2. The summed E-state index contributed by atoms with van der Waals surface area (Å²) in [6, 6.07) is 11.3. The molecule has 136 valence electrons. The van der Waals surface area contributed by atoms with Crippen LogP contribution in [0.25, 0.3) is 0 Å². The largest absolute Gasteiger partial charge is 0.491 e. The number of halogens is 5. The molecule has 1 nitrogen and oxygen atoms in total. The van der Waals surface area contributed by atoms with E-state index >= 15 is 0 Å². The number of hydrogen-bond acceptors (Lipinski definition) is 1. The highest BCUT2D eigenvalue weighted by atomic mass is 19.4. The minimum absolute atomic E-state index is 0.0514. The van der Waals surface area contributed by atoms with Gasteiger partial charge < -0.3 is 4.74 Å². The molecule has 0 saturated carbocycles. The smallest absolute Gasteiger partial charge is 0.395 e. The Hall–Kier alpha value is -2.11. The molecular formula is C19H19F5O. The Kier molecular flexibility index (Phi) is 6.79. The molecule has 0 aliphatic carbocycles. The van der Waals surface area contributed by atoms with E-state index < -0.39 is 24.6 Å². The number of alkyl halides is 4. The second-order valence-corrected chi connectivity index (χ2v) is 5.72. The van der Waals surface area contributed by atoms with Gasteiger partial charge in [0.2, 0.25) is 0 Å². The summed E-state index contributed by atoms with van der Waals surface area (Å²) in [6.45, 7) is -0.653. The van der Waals surface area contributed by atoms with E-state index in [0.29, 0.717) is 18.6 Å². The molecule has 2 rings (SSSR count). The maximum absolute atomic E-state index is 13.3. The van der Waals surface area contributed by atoms with Crippen LogP contribution in [0.1, 0.15) is 29.9 Å². The predicted octanol–water partition coefficient (Wildman–Crippen LogP) is 5.84. The molecule has 6 heteroatoms. The molecule has 0 aromatic heterocycles. The van der Waals surface area contributed by atoms with Crippen molar-refractivity contribution in [2.75, 3.05) is 13.3 Å². The third-order valence-electron chi connectivity index (χ3n) is 3.87. The second kappa shape index (κ2) is 8.83. The van der Waals surface area contributed by atoms with Gasteiger partial charge in [-0.25, -0.2) is 8.78 Å². The third-order valence-corrected chi connectivity index (χ3v) is 3.87. The van der Waals surface area contributed by atoms with E-state index in [-0.39, 0.29) is 18.6 Å². The molecule has 0 saturated heterocycles. The molecule has 0 amide bonds. The summed E-state index contributed by atoms with van der Waals surface area (Å²) in [7, 11) is 0. The van der Waals surface area contributed by atoms with Gasteiger partial charge in [0.1, 0.15) is 24.8 Å². The van der Waals surface area contributed by atoms with Gasteiger partial charge in [0.25, 0.3) is 0 Å². The number of ether oxygens (including phenoxy) is 1. The highest BCUT2D eigenvalue weighted by Gasteiger charge is 2.39. The van der Waals surface area contributed by atoms with Crippen LogP contribution in [0.5, 0.6) is 5.75 Å². The van der Waals surface area contributed by atoms with Gasteiger partial charge >= 0.3 is 6.18 Å². The van der Waals surface area contributed by atoms with E-state index in [1.807, 2.05) is 0 Å². The van der Waals surface area contributed by atoms with Gasteiger partial charge in [0, 0.05) is 0 Å². The average Bonchev–Trinajstić information content (AvgIpc) is 2.57. The number of rotatable bonds is 8. The van der Waals surface area contributed by atoms with Crippen LogP contribution < -0.4 is 4.74 Å². The number of benzene rings is 2. The summed E-state index contributed by atoms with van der Waals surface area (Å²) < 4.78 is 70.1. The van der Waals surface area contributed by atoms with Gasteiger partial charge in [-0.2, -0.15) is 13.2 Å². The van der Waals surface area contributed by atoms with Crippen molar-refractivity contribution in [2.24, 2.45) is 0 Å². The predicted molar refractivity (Wildman–Crippen MR) is 86.0 cm³/mol. The van der Waals surface area contributed by atoms with E-state index in [1.165, 1.54) is 12.1 Å². The first kappa shape index (κ1) is 19.2. The molecule has 2 aromatic rings. The zero-order chi connectivity index (χ0) is 18.3. The van der Waals surface area contributed by atoms with Crippen molar-refractivity contribution < 1.29 is 26.7 Å². The monoisotopic (exact) mass is 358 g/mol. The molecule has 0 aliphatic heterocycles. The Morgan fingerprint density at radius 3 is 2.36 bits per heavy atom. The fourth-order valence-electron chi connectivity index (χ4n) is 2.67. The van der Waals surface area contributed by atoms with E-state index in [1.54, 1.807) is 24.3 Å². The van der Waals surface area contributed by atoms with Gasteiger partial charge in [-0.05, 0) is 54.7 Å². The lowest BCUT2D eigenvalue weighted by molar-refractivity contribution is -0.152. The molecule has 2 aromatic carbocycles. The van der Waals surface area contributed by atoms with Crippen molar-refractivity contribution in [1.82, 2.24) is 0 Å². The van der Waals surface area contributed by atoms with Crippen LogP contribution in [-0.2, 0) is 6.42 Å². The Morgan fingerprint density at radius 1 is 1.00 bits per heavy atom. The summed E-state index contributed by atoms with van der Waals surface area (Å²) >= 11 is 0. The molecular weight excluding hydrogens is 339 g/mol. The van der Waals surface area contributed by atoms with Crippen molar-refractivity contribution in [3.05, 3.63) is 65.5 Å².